The molecule has 0 bridgehead atoms. The molecule has 0 saturated carbocycles. The topological polar surface area (TPSA) is 61.0 Å². The molecule has 0 saturated heterocycles. The normalized spacial score (nSPS) is 10.7. The van der Waals surface area contributed by atoms with Gasteiger partial charge in [-0.2, -0.15) is 0 Å². The third-order valence-electron chi connectivity index (χ3n) is 1.75. The largest absolute Gasteiger partial charge is 0.382 e. The Kier molecular flexibility index (Phi) is 5.66. The number of nitrogens with two attached hydrogens (primary N) is 1. The molecule has 0 spiro atoms. The summed E-state index contributed by atoms with van der Waals surface area (Å²) >= 11 is 1.66. The maximum Gasteiger partial charge on any atom is 0.118 e. The van der Waals surface area contributed by atoms with Crippen molar-refractivity contribution in [3.63, 3.8) is 0 Å². The van der Waals surface area contributed by atoms with E-state index in [-0.39, 0.29) is 0 Å². The molecule has 1 aromatic heterocycles. The van der Waals surface area contributed by atoms with Crippen molar-refractivity contribution in [1.82, 2.24) is 10.2 Å². The van der Waals surface area contributed by atoms with Gasteiger partial charge >= 0.3 is 0 Å². The lowest BCUT2D eigenvalue weighted by Crippen LogP contribution is -2.01. The highest BCUT2D eigenvalue weighted by Crippen LogP contribution is 2.11. The monoisotopic (exact) mass is 215 g/mol. The van der Waals surface area contributed by atoms with Crippen LogP contribution in [0.1, 0.15) is 23.4 Å². The number of aryl methyl sites for hydroxylation is 1. The Hall–Kier alpha value is -0.520. The van der Waals surface area contributed by atoms with E-state index in [4.69, 9.17) is 10.5 Å². The number of nitrogens with zero attached hydrogens (tertiary/aromatic N) is 2. The first-order valence-electron chi connectivity index (χ1n) is 4.96. The number of rotatable bonds is 7. The number of hydrogen-bond acceptors (Lipinski definition) is 5. The molecule has 1 aromatic rings. The van der Waals surface area contributed by atoms with Gasteiger partial charge in [-0.1, -0.05) is 0 Å². The van der Waals surface area contributed by atoms with Crippen LogP contribution in [0, 0.1) is 0 Å². The minimum absolute atomic E-state index is 0.646. The van der Waals surface area contributed by atoms with Crippen LogP contribution >= 0.6 is 11.3 Å². The minimum Gasteiger partial charge on any atom is -0.382 e. The fourth-order valence-corrected chi connectivity index (χ4v) is 1.99. The van der Waals surface area contributed by atoms with E-state index in [0.29, 0.717) is 6.54 Å². The highest BCUT2D eigenvalue weighted by atomic mass is 32.1. The molecule has 0 unspecified atom stereocenters. The Morgan fingerprint density at radius 2 is 2.00 bits per heavy atom. The number of hydrogen-bond donors (Lipinski definition) is 1. The van der Waals surface area contributed by atoms with E-state index in [0.717, 1.165) is 42.5 Å². The molecule has 0 aliphatic rings. The summed E-state index contributed by atoms with van der Waals surface area (Å²) in [5.74, 6) is 0. The van der Waals surface area contributed by atoms with Crippen LogP contribution in [0.2, 0.25) is 0 Å². The number of aromatic nitrogens is 2. The van der Waals surface area contributed by atoms with Crippen LogP contribution in [-0.2, 0) is 17.6 Å². The van der Waals surface area contributed by atoms with Gasteiger partial charge in [-0.25, -0.2) is 0 Å². The lowest BCUT2D eigenvalue weighted by molar-refractivity contribution is 0.145. The predicted octanol–water partition coefficient (Wildman–Crippen LogP) is 1.01. The molecule has 0 radical (unpaired) electrons. The van der Waals surface area contributed by atoms with Crippen LogP contribution in [-0.4, -0.2) is 30.0 Å². The van der Waals surface area contributed by atoms with Crippen LogP contribution in [0.5, 0.6) is 0 Å². The molecule has 14 heavy (non-hydrogen) atoms. The van der Waals surface area contributed by atoms with E-state index >= 15 is 0 Å². The standard InChI is InChI=1S/C9H17N3OS/c1-2-13-7-3-4-8-11-12-9(14-8)5-6-10/h2-7,10H2,1H3. The Balaban J connectivity index is 2.22. The lowest BCUT2D eigenvalue weighted by atomic mass is 10.3. The van der Waals surface area contributed by atoms with Gasteiger partial charge in [0.15, 0.2) is 0 Å². The summed E-state index contributed by atoms with van der Waals surface area (Å²) in [5, 5.41) is 10.3. The van der Waals surface area contributed by atoms with Crippen molar-refractivity contribution in [3.05, 3.63) is 10.0 Å². The van der Waals surface area contributed by atoms with Crippen LogP contribution in [0.25, 0.3) is 0 Å². The number of ether oxygens (including phenoxy) is 1. The summed E-state index contributed by atoms with van der Waals surface area (Å²) in [5.41, 5.74) is 5.43. The minimum atomic E-state index is 0.646. The van der Waals surface area contributed by atoms with Crippen molar-refractivity contribution >= 4 is 11.3 Å². The molecule has 0 fully saturated rings. The van der Waals surface area contributed by atoms with Gasteiger partial charge in [0, 0.05) is 26.1 Å². The maximum atomic E-state index is 5.43. The molecular weight excluding hydrogens is 198 g/mol. The summed E-state index contributed by atoms with van der Waals surface area (Å²) in [6, 6.07) is 0. The Morgan fingerprint density at radius 1 is 1.29 bits per heavy atom. The van der Waals surface area contributed by atoms with Gasteiger partial charge in [0.2, 0.25) is 0 Å². The fourth-order valence-electron chi connectivity index (χ4n) is 1.08. The van der Waals surface area contributed by atoms with Crippen LogP contribution in [0.3, 0.4) is 0 Å². The molecule has 1 heterocycles. The van der Waals surface area contributed by atoms with Crippen molar-refractivity contribution in [1.29, 1.82) is 0 Å². The summed E-state index contributed by atoms with van der Waals surface area (Å²) in [6.45, 7) is 4.24. The van der Waals surface area contributed by atoms with Gasteiger partial charge in [0.1, 0.15) is 10.0 Å². The van der Waals surface area contributed by atoms with Crippen molar-refractivity contribution < 1.29 is 4.74 Å². The van der Waals surface area contributed by atoms with E-state index in [1.807, 2.05) is 6.92 Å². The van der Waals surface area contributed by atoms with E-state index < -0.39 is 0 Å². The molecule has 4 nitrogen and oxygen atoms in total. The zero-order valence-electron chi connectivity index (χ0n) is 8.53. The van der Waals surface area contributed by atoms with Gasteiger partial charge in [0.05, 0.1) is 0 Å². The first-order valence-corrected chi connectivity index (χ1v) is 5.77. The molecular formula is C9H17N3OS. The van der Waals surface area contributed by atoms with Crippen molar-refractivity contribution in [2.24, 2.45) is 5.73 Å². The lowest BCUT2D eigenvalue weighted by Gasteiger charge is -1.97. The van der Waals surface area contributed by atoms with Crippen LogP contribution in [0.4, 0.5) is 0 Å². The molecule has 0 aliphatic heterocycles. The second kappa shape index (κ2) is 6.86. The van der Waals surface area contributed by atoms with Crippen molar-refractivity contribution in [2.75, 3.05) is 19.8 Å². The van der Waals surface area contributed by atoms with Gasteiger partial charge in [-0.15, -0.1) is 21.5 Å². The van der Waals surface area contributed by atoms with E-state index in [2.05, 4.69) is 10.2 Å². The second-order valence-electron chi connectivity index (χ2n) is 2.93. The SMILES string of the molecule is CCOCCCc1nnc(CCN)s1. The first-order chi connectivity index (χ1) is 6.86. The molecule has 2 N–H and O–H groups in total. The zero-order valence-corrected chi connectivity index (χ0v) is 9.35. The fraction of sp³-hybridized carbons (Fsp3) is 0.778. The predicted molar refractivity (Wildman–Crippen MR) is 57.5 cm³/mol. The summed E-state index contributed by atoms with van der Waals surface area (Å²) in [4.78, 5) is 0. The molecule has 5 heteroatoms. The third kappa shape index (κ3) is 4.13. The second-order valence-corrected chi connectivity index (χ2v) is 4.08. The molecule has 0 aliphatic carbocycles. The zero-order chi connectivity index (χ0) is 10.2. The average molecular weight is 215 g/mol. The van der Waals surface area contributed by atoms with E-state index in [1.54, 1.807) is 11.3 Å². The van der Waals surface area contributed by atoms with Gasteiger partial charge in [-0.05, 0) is 19.9 Å². The smallest absolute Gasteiger partial charge is 0.118 e. The van der Waals surface area contributed by atoms with Crippen LogP contribution in [0.15, 0.2) is 0 Å². The Labute approximate surface area is 88.5 Å². The van der Waals surface area contributed by atoms with Crippen molar-refractivity contribution in [2.45, 2.75) is 26.2 Å². The molecule has 0 atom stereocenters. The molecule has 1 rings (SSSR count). The highest BCUT2D eigenvalue weighted by molar-refractivity contribution is 7.11. The van der Waals surface area contributed by atoms with Gasteiger partial charge in [-0.3, -0.25) is 0 Å². The Morgan fingerprint density at radius 3 is 2.64 bits per heavy atom. The maximum absolute atomic E-state index is 5.43. The summed E-state index contributed by atoms with van der Waals surface area (Å²) in [6.07, 6.45) is 2.82. The average Bonchev–Trinajstić information content (AvgIpc) is 2.61. The van der Waals surface area contributed by atoms with E-state index in [1.165, 1.54) is 0 Å². The Bertz CT molecular complexity index is 252. The van der Waals surface area contributed by atoms with E-state index in [9.17, 15) is 0 Å². The molecule has 0 amide bonds. The van der Waals surface area contributed by atoms with Gasteiger partial charge < -0.3 is 10.5 Å². The van der Waals surface area contributed by atoms with Crippen LogP contribution < -0.4 is 5.73 Å². The summed E-state index contributed by atoms with van der Waals surface area (Å²) < 4.78 is 5.25. The highest BCUT2D eigenvalue weighted by Gasteiger charge is 2.02. The molecule has 0 aromatic carbocycles. The quantitative estimate of drug-likeness (QED) is 0.690. The first kappa shape index (κ1) is 11.6. The summed E-state index contributed by atoms with van der Waals surface area (Å²) in [7, 11) is 0. The van der Waals surface area contributed by atoms with Crippen molar-refractivity contribution in [3.8, 4) is 0 Å². The van der Waals surface area contributed by atoms with Gasteiger partial charge in [0.25, 0.3) is 0 Å². The third-order valence-corrected chi connectivity index (χ3v) is 2.79. The molecule has 80 valence electrons.